The summed E-state index contributed by atoms with van der Waals surface area (Å²) >= 11 is 0. The van der Waals surface area contributed by atoms with Crippen molar-refractivity contribution >= 4 is 0 Å². The minimum atomic E-state index is 0.186. The summed E-state index contributed by atoms with van der Waals surface area (Å²) in [6.07, 6.45) is 3.58. The Labute approximate surface area is 125 Å². The molecule has 1 fully saturated rings. The molecule has 20 heavy (non-hydrogen) atoms. The smallest absolute Gasteiger partial charge is 0.0568 e. The van der Waals surface area contributed by atoms with Crippen molar-refractivity contribution in [3.05, 3.63) is 35.4 Å². The van der Waals surface area contributed by atoms with E-state index >= 15 is 0 Å². The molecule has 1 aliphatic heterocycles. The average molecular weight is 276 g/mol. The van der Waals surface area contributed by atoms with Gasteiger partial charge in [-0.2, -0.15) is 0 Å². The van der Waals surface area contributed by atoms with Crippen LogP contribution in [0.15, 0.2) is 24.3 Å². The molecule has 0 radical (unpaired) electrons. The van der Waals surface area contributed by atoms with E-state index in [0.717, 1.165) is 19.6 Å². The second-order valence-electron chi connectivity index (χ2n) is 6.33. The first-order valence-electron chi connectivity index (χ1n) is 8.17. The monoisotopic (exact) mass is 276 g/mol. The van der Waals surface area contributed by atoms with Gasteiger partial charge in [-0.1, -0.05) is 65.3 Å². The summed E-state index contributed by atoms with van der Waals surface area (Å²) in [4.78, 5) is 0. The number of rotatable bonds is 3. The summed E-state index contributed by atoms with van der Waals surface area (Å²) in [5.74, 6) is 0. The maximum Gasteiger partial charge on any atom is 0.0568 e. The fourth-order valence-electron chi connectivity index (χ4n) is 3.53. The molecule has 1 aliphatic rings. The normalized spacial score (nSPS) is 24.7. The van der Waals surface area contributed by atoms with Crippen LogP contribution in [0.5, 0.6) is 0 Å². The molecule has 1 aromatic carbocycles. The highest BCUT2D eigenvalue weighted by Gasteiger charge is 2.48. The van der Waals surface area contributed by atoms with Gasteiger partial charge in [-0.25, -0.2) is 0 Å². The summed E-state index contributed by atoms with van der Waals surface area (Å²) < 4.78 is 5.88. The van der Waals surface area contributed by atoms with Crippen LogP contribution >= 0.6 is 0 Å². The van der Waals surface area contributed by atoms with Gasteiger partial charge in [-0.15, -0.1) is 0 Å². The fraction of sp³-hybridized carbons (Fsp3) is 0.684. The SMILES string of the molecule is CC.CCCC1(c2ccccc2C)COCCC1(C)C. The van der Waals surface area contributed by atoms with Crippen LogP contribution in [0.1, 0.15) is 65.0 Å². The van der Waals surface area contributed by atoms with Crippen molar-refractivity contribution in [2.75, 3.05) is 13.2 Å². The van der Waals surface area contributed by atoms with E-state index in [2.05, 4.69) is 52.0 Å². The van der Waals surface area contributed by atoms with E-state index < -0.39 is 0 Å². The van der Waals surface area contributed by atoms with E-state index in [1.807, 2.05) is 13.8 Å². The highest BCUT2D eigenvalue weighted by molar-refractivity contribution is 5.36. The number of aryl methyl sites for hydroxylation is 1. The zero-order valence-corrected chi connectivity index (χ0v) is 14.3. The molecule has 114 valence electrons. The van der Waals surface area contributed by atoms with Crippen LogP contribution in [0.25, 0.3) is 0 Å². The summed E-state index contributed by atoms with van der Waals surface area (Å²) in [5, 5.41) is 0. The lowest BCUT2D eigenvalue weighted by molar-refractivity contribution is -0.0529. The van der Waals surface area contributed by atoms with Crippen LogP contribution in [0, 0.1) is 12.3 Å². The minimum Gasteiger partial charge on any atom is -0.380 e. The summed E-state index contributed by atoms with van der Waals surface area (Å²) in [7, 11) is 0. The van der Waals surface area contributed by atoms with Crippen molar-refractivity contribution in [3.8, 4) is 0 Å². The Morgan fingerprint density at radius 3 is 2.35 bits per heavy atom. The van der Waals surface area contributed by atoms with E-state index in [1.54, 1.807) is 0 Å². The maximum absolute atomic E-state index is 5.88. The quantitative estimate of drug-likeness (QED) is 0.707. The van der Waals surface area contributed by atoms with Gasteiger partial charge in [0.25, 0.3) is 0 Å². The van der Waals surface area contributed by atoms with Crippen LogP contribution < -0.4 is 0 Å². The van der Waals surface area contributed by atoms with Gasteiger partial charge in [-0.05, 0) is 36.3 Å². The Balaban J connectivity index is 0.000000956. The van der Waals surface area contributed by atoms with Gasteiger partial charge in [0.2, 0.25) is 0 Å². The topological polar surface area (TPSA) is 9.23 Å². The van der Waals surface area contributed by atoms with Crippen LogP contribution in [0.3, 0.4) is 0 Å². The summed E-state index contributed by atoms with van der Waals surface area (Å²) in [5.41, 5.74) is 3.40. The third-order valence-electron chi connectivity index (χ3n) is 4.85. The Hall–Kier alpha value is -0.820. The Morgan fingerprint density at radius 1 is 1.15 bits per heavy atom. The van der Waals surface area contributed by atoms with E-state index in [0.29, 0.717) is 5.41 Å². The zero-order chi connectivity index (χ0) is 15.2. The van der Waals surface area contributed by atoms with Crippen molar-refractivity contribution < 1.29 is 4.74 Å². The first kappa shape index (κ1) is 17.2. The van der Waals surface area contributed by atoms with Crippen molar-refractivity contribution in [2.45, 2.75) is 66.2 Å². The van der Waals surface area contributed by atoms with E-state index in [-0.39, 0.29) is 5.41 Å². The van der Waals surface area contributed by atoms with Crippen molar-refractivity contribution in [2.24, 2.45) is 5.41 Å². The third-order valence-corrected chi connectivity index (χ3v) is 4.85. The number of ether oxygens (including phenoxy) is 1. The molecule has 0 N–H and O–H groups in total. The molecule has 0 saturated carbocycles. The Morgan fingerprint density at radius 2 is 1.80 bits per heavy atom. The first-order valence-corrected chi connectivity index (χ1v) is 8.17. The molecule has 2 rings (SSSR count). The van der Waals surface area contributed by atoms with E-state index in [9.17, 15) is 0 Å². The predicted molar refractivity (Wildman–Crippen MR) is 88.3 cm³/mol. The second-order valence-corrected chi connectivity index (χ2v) is 6.33. The number of benzene rings is 1. The van der Waals surface area contributed by atoms with Gasteiger partial charge in [-0.3, -0.25) is 0 Å². The molecule has 1 heteroatoms. The average Bonchev–Trinajstić information content (AvgIpc) is 2.44. The second kappa shape index (κ2) is 7.26. The summed E-state index contributed by atoms with van der Waals surface area (Å²) in [6.45, 7) is 15.1. The maximum atomic E-state index is 5.88. The lowest BCUT2D eigenvalue weighted by atomic mass is 9.57. The van der Waals surface area contributed by atoms with E-state index in [4.69, 9.17) is 4.74 Å². The van der Waals surface area contributed by atoms with Crippen molar-refractivity contribution in [3.63, 3.8) is 0 Å². The molecule has 1 unspecified atom stereocenters. The molecule has 1 nitrogen and oxygen atoms in total. The highest BCUT2D eigenvalue weighted by Crippen LogP contribution is 2.50. The fourth-order valence-corrected chi connectivity index (χ4v) is 3.53. The zero-order valence-electron chi connectivity index (χ0n) is 14.3. The molecule has 0 bridgehead atoms. The van der Waals surface area contributed by atoms with Gasteiger partial charge in [0.05, 0.1) is 6.61 Å². The van der Waals surface area contributed by atoms with Gasteiger partial charge in [0.1, 0.15) is 0 Å². The van der Waals surface area contributed by atoms with Gasteiger partial charge in [0.15, 0.2) is 0 Å². The number of hydrogen-bond donors (Lipinski definition) is 0. The van der Waals surface area contributed by atoms with Crippen LogP contribution in [-0.4, -0.2) is 13.2 Å². The molecule has 1 aromatic rings. The first-order chi connectivity index (χ1) is 9.53. The van der Waals surface area contributed by atoms with E-state index in [1.165, 1.54) is 24.0 Å². The molecule has 1 saturated heterocycles. The largest absolute Gasteiger partial charge is 0.380 e. The summed E-state index contributed by atoms with van der Waals surface area (Å²) in [6, 6.07) is 8.85. The molecule has 0 spiro atoms. The molecule has 0 aromatic heterocycles. The molecular formula is C19H32O. The lowest BCUT2D eigenvalue weighted by Gasteiger charge is -2.51. The molecule has 0 aliphatic carbocycles. The van der Waals surface area contributed by atoms with Crippen molar-refractivity contribution in [1.82, 2.24) is 0 Å². The Bertz CT molecular complexity index is 404. The van der Waals surface area contributed by atoms with Gasteiger partial charge in [0, 0.05) is 12.0 Å². The predicted octanol–water partition coefficient (Wildman–Crippen LogP) is 5.51. The standard InChI is InChI=1S/C17H26O.C2H6/c1-5-10-17(13-18-12-11-16(17,3)4)15-9-7-6-8-14(15)2;1-2/h6-9H,5,10-13H2,1-4H3;1-2H3. The number of hydrogen-bond acceptors (Lipinski definition) is 1. The van der Waals surface area contributed by atoms with Gasteiger partial charge >= 0.3 is 0 Å². The molecule has 1 heterocycles. The molecule has 0 amide bonds. The van der Waals surface area contributed by atoms with Crippen molar-refractivity contribution in [1.29, 1.82) is 0 Å². The highest BCUT2D eigenvalue weighted by atomic mass is 16.5. The molecule has 1 atom stereocenters. The Kier molecular flexibility index (Phi) is 6.26. The molecular weight excluding hydrogens is 244 g/mol. The van der Waals surface area contributed by atoms with Crippen LogP contribution in [-0.2, 0) is 10.2 Å². The minimum absolute atomic E-state index is 0.186. The van der Waals surface area contributed by atoms with Crippen LogP contribution in [0.2, 0.25) is 0 Å². The lowest BCUT2D eigenvalue weighted by Crippen LogP contribution is -2.50. The third kappa shape index (κ3) is 3.09. The van der Waals surface area contributed by atoms with Gasteiger partial charge < -0.3 is 4.74 Å². The van der Waals surface area contributed by atoms with Crippen LogP contribution in [0.4, 0.5) is 0 Å².